The molecule has 0 N–H and O–H groups in total. The van der Waals surface area contributed by atoms with E-state index in [4.69, 9.17) is 32.8 Å². The van der Waals surface area contributed by atoms with Gasteiger partial charge >= 0.3 is 5.97 Å². The Morgan fingerprint density at radius 3 is 2.59 bits per heavy atom. The van der Waals surface area contributed by atoms with Gasteiger partial charge in [-0.25, -0.2) is 0 Å². The average Bonchev–Trinajstić information content (AvgIpc) is 2.99. The number of hydrogen-bond donors (Lipinski definition) is 0. The Kier molecular flexibility index (Phi) is 6.52. The van der Waals surface area contributed by atoms with E-state index < -0.39 is 0 Å². The second-order valence-corrected chi connectivity index (χ2v) is 6.06. The molecule has 0 unspecified atom stereocenters. The van der Waals surface area contributed by atoms with Gasteiger partial charge in [0.1, 0.15) is 13.2 Å². The summed E-state index contributed by atoms with van der Waals surface area (Å²) in [7, 11) is 1.47. The van der Waals surface area contributed by atoms with Gasteiger partial charge in [0, 0.05) is 12.0 Å². The molecule has 1 saturated carbocycles. The van der Waals surface area contributed by atoms with E-state index in [1.807, 2.05) is 0 Å². The van der Waals surface area contributed by atoms with Crippen LogP contribution in [0.1, 0.15) is 44.1 Å². The van der Waals surface area contributed by atoms with Gasteiger partial charge in [-0.05, 0) is 37.8 Å². The molecule has 120 valence electrons. The zero-order chi connectivity index (χ0) is 15.9. The summed E-state index contributed by atoms with van der Waals surface area (Å²) >= 11 is 11.9. The van der Waals surface area contributed by atoms with Crippen molar-refractivity contribution in [3.63, 3.8) is 0 Å². The lowest BCUT2D eigenvalue weighted by Crippen LogP contribution is -2.16. The summed E-state index contributed by atoms with van der Waals surface area (Å²) in [4.78, 5) is 16.7. The van der Waals surface area contributed by atoms with E-state index >= 15 is 0 Å². The maximum absolute atomic E-state index is 11.9. The highest BCUT2D eigenvalue weighted by Crippen LogP contribution is 2.24. The SMILES string of the molecule is CO/N=C(/CCC(=O)OC1CCCC1)c1ccc(Cl)c(Cl)c1. The number of rotatable bonds is 6. The molecule has 1 aromatic rings. The molecule has 0 bridgehead atoms. The molecule has 4 nitrogen and oxygen atoms in total. The number of halogens is 2. The van der Waals surface area contributed by atoms with Gasteiger partial charge in [-0.1, -0.05) is 34.4 Å². The molecule has 0 saturated heterocycles. The van der Waals surface area contributed by atoms with Crippen molar-refractivity contribution in [2.75, 3.05) is 7.11 Å². The second-order valence-electron chi connectivity index (χ2n) is 5.25. The third kappa shape index (κ3) is 4.89. The number of carbonyl (C=O) groups excluding carboxylic acids is 1. The van der Waals surface area contributed by atoms with E-state index in [1.165, 1.54) is 7.11 Å². The van der Waals surface area contributed by atoms with Crippen molar-refractivity contribution in [3.8, 4) is 0 Å². The summed E-state index contributed by atoms with van der Waals surface area (Å²) in [5.41, 5.74) is 1.43. The van der Waals surface area contributed by atoms with Crippen LogP contribution < -0.4 is 0 Å². The highest BCUT2D eigenvalue weighted by atomic mass is 35.5. The smallest absolute Gasteiger partial charge is 0.306 e. The first-order valence-corrected chi connectivity index (χ1v) is 8.10. The summed E-state index contributed by atoms with van der Waals surface area (Å²) in [5, 5.41) is 4.89. The third-order valence-electron chi connectivity index (χ3n) is 3.62. The van der Waals surface area contributed by atoms with Crippen LogP contribution in [0.2, 0.25) is 10.0 Å². The van der Waals surface area contributed by atoms with Crippen LogP contribution in [0.3, 0.4) is 0 Å². The molecule has 0 aliphatic heterocycles. The first-order valence-electron chi connectivity index (χ1n) is 7.35. The molecule has 2 rings (SSSR count). The van der Waals surface area contributed by atoms with E-state index in [0.29, 0.717) is 22.2 Å². The number of oxime groups is 1. The molecule has 0 radical (unpaired) electrons. The molecular formula is C16H19Cl2NO3. The minimum absolute atomic E-state index is 0.0836. The number of nitrogens with zero attached hydrogens (tertiary/aromatic N) is 1. The minimum Gasteiger partial charge on any atom is -0.462 e. The molecule has 1 aliphatic carbocycles. The third-order valence-corrected chi connectivity index (χ3v) is 4.36. The Morgan fingerprint density at radius 1 is 1.23 bits per heavy atom. The number of hydrogen-bond acceptors (Lipinski definition) is 4. The largest absolute Gasteiger partial charge is 0.462 e. The van der Waals surface area contributed by atoms with Crippen molar-refractivity contribution in [3.05, 3.63) is 33.8 Å². The molecule has 0 amide bonds. The van der Waals surface area contributed by atoms with Crippen LogP contribution in [0, 0.1) is 0 Å². The van der Waals surface area contributed by atoms with Gasteiger partial charge in [-0.3, -0.25) is 4.79 Å². The summed E-state index contributed by atoms with van der Waals surface area (Å²) in [6.07, 6.45) is 4.99. The quantitative estimate of drug-likeness (QED) is 0.430. The molecular weight excluding hydrogens is 325 g/mol. The molecule has 1 aromatic carbocycles. The lowest BCUT2D eigenvalue weighted by molar-refractivity contribution is -0.148. The zero-order valence-corrected chi connectivity index (χ0v) is 14.0. The lowest BCUT2D eigenvalue weighted by atomic mass is 10.1. The van der Waals surface area contributed by atoms with Crippen molar-refractivity contribution >= 4 is 34.9 Å². The lowest BCUT2D eigenvalue weighted by Gasteiger charge is -2.12. The number of esters is 1. The fraction of sp³-hybridized carbons (Fsp3) is 0.500. The highest BCUT2D eigenvalue weighted by Gasteiger charge is 2.19. The maximum Gasteiger partial charge on any atom is 0.306 e. The number of benzene rings is 1. The van der Waals surface area contributed by atoms with Crippen molar-refractivity contribution < 1.29 is 14.4 Å². The van der Waals surface area contributed by atoms with Gasteiger partial charge in [0.25, 0.3) is 0 Å². The minimum atomic E-state index is -0.198. The van der Waals surface area contributed by atoms with Crippen LogP contribution in [0.5, 0.6) is 0 Å². The normalized spacial score (nSPS) is 15.9. The molecule has 0 spiro atoms. The first-order chi connectivity index (χ1) is 10.6. The molecule has 0 heterocycles. The van der Waals surface area contributed by atoms with Crippen molar-refractivity contribution in [2.45, 2.75) is 44.6 Å². The number of carbonyl (C=O) groups is 1. The van der Waals surface area contributed by atoms with Crippen LogP contribution in [0.4, 0.5) is 0 Å². The fourth-order valence-corrected chi connectivity index (χ4v) is 2.80. The van der Waals surface area contributed by atoms with E-state index in [1.54, 1.807) is 18.2 Å². The van der Waals surface area contributed by atoms with Gasteiger partial charge < -0.3 is 9.57 Å². The van der Waals surface area contributed by atoms with E-state index in [0.717, 1.165) is 31.2 Å². The Labute approximate surface area is 140 Å². The van der Waals surface area contributed by atoms with Crippen molar-refractivity contribution in [1.82, 2.24) is 0 Å². The van der Waals surface area contributed by atoms with Gasteiger partial charge in [-0.2, -0.15) is 0 Å². The zero-order valence-electron chi connectivity index (χ0n) is 12.5. The summed E-state index contributed by atoms with van der Waals surface area (Å²) in [5.74, 6) is -0.198. The van der Waals surface area contributed by atoms with Crippen LogP contribution >= 0.6 is 23.2 Å². The first kappa shape index (κ1) is 17.1. The second kappa shape index (κ2) is 8.39. The Hall–Kier alpha value is -1.26. The highest BCUT2D eigenvalue weighted by molar-refractivity contribution is 6.42. The van der Waals surface area contributed by atoms with E-state index in [2.05, 4.69) is 5.16 Å². The van der Waals surface area contributed by atoms with Crippen molar-refractivity contribution in [1.29, 1.82) is 0 Å². The molecule has 22 heavy (non-hydrogen) atoms. The molecule has 1 fully saturated rings. The van der Waals surface area contributed by atoms with Crippen LogP contribution in [0.15, 0.2) is 23.4 Å². The molecule has 0 aromatic heterocycles. The van der Waals surface area contributed by atoms with Gasteiger partial charge in [0.15, 0.2) is 0 Å². The Balaban J connectivity index is 1.95. The number of ether oxygens (including phenoxy) is 1. The van der Waals surface area contributed by atoms with Crippen LogP contribution in [-0.4, -0.2) is 24.9 Å². The molecule has 0 atom stereocenters. The predicted octanol–water partition coefficient (Wildman–Crippen LogP) is 4.61. The topological polar surface area (TPSA) is 47.9 Å². The predicted molar refractivity (Wildman–Crippen MR) is 87.6 cm³/mol. The molecule has 6 heteroatoms. The Morgan fingerprint density at radius 2 is 1.95 bits per heavy atom. The summed E-state index contributed by atoms with van der Waals surface area (Å²) < 4.78 is 5.44. The van der Waals surface area contributed by atoms with Gasteiger partial charge in [0.2, 0.25) is 0 Å². The Bertz CT molecular complexity index is 554. The van der Waals surface area contributed by atoms with Gasteiger partial charge in [-0.15, -0.1) is 0 Å². The van der Waals surface area contributed by atoms with Gasteiger partial charge in [0.05, 0.1) is 22.2 Å². The van der Waals surface area contributed by atoms with Crippen LogP contribution in [0.25, 0.3) is 0 Å². The van der Waals surface area contributed by atoms with E-state index in [-0.39, 0.29) is 18.5 Å². The fourth-order valence-electron chi connectivity index (χ4n) is 2.50. The summed E-state index contributed by atoms with van der Waals surface area (Å²) in [6, 6.07) is 5.21. The monoisotopic (exact) mass is 343 g/mol. The summed E-state index contributed by atoms with van der Waals surface area (Å²) in [6.45, 7) is 0. The standard InChI is InChI=1S/C16H19Cl2NO3/c1-21-19-15(11-6-7-13(17)14(18)10-11)8-9-16(20)22-12-4-2-3-5-12/h6-7,10,12H,2-5,8-9H2,1H3/b19-15-. The van der Waals surface area contributed by atoms with E-state index in [9.17, 15) is 4.79 Å². The average molecular weight is 344 g/mol. The maximum atomic E-state index is 11.9. The van der Waals surface area contributed by atoms with Crippen molar-refractivity contribution in [2.24, 2.45) is 5.16 Å². The molecule has 1 aliphatic rings. The van der Waals surface area contributed by atoms with Crippen LogP contribution in [-0.2, 0) is 14.4 Å².